The monoisotopic (exact) mass is 454 g/mol. The Morgan fingerprint density at radius 3 is 2.75 bits per heavy atom. The molecule has 1 aromatic carbocycles. The molecule has 1 unspecified atom stereocenters. The molecule has 3 aromatic rings. The third-order valence-electron chi connectivity index (χ3n) is 6.62. The highest BCUT2D eigenvalue weighted by Gasteiger charge is 2.29. The molecule has 172 valence electrons. The van der Waals surface area contributed by atoms with Crippen LogP contribution in [0, 0.1) is 0 Å². The molecule has 0 bridgehead atoms. The molecular weight excluding hydrogens is 420 g/mol. The van der Waals surface area contributed by atoms with Crippen LogP contribution >= 0.6 is 11.3 Å². The number of H-pyrrole nitrogens is 1. The number of nitrogens with one attached hydrogen (secondary N) is 2. The summed E-state index contributed by atoms with van der Waals surface area (Å²) in [6.45, 7) is 8.42. The topological polar surface area (TPSA) is 77.1 Å². The molecule has 32 heavy (non-hydrogen) atoms. The third-order valence-corrected chi connectivity index (χ3v) is 7.60. The Bertz CT molecular complexity index is 1030. The average molecular weight is 455 g/mol. The van der Waals surface area contributed by atoms with Crippen LogP contribution in [0.25, 0.3) is 10.9 Å². The molecule has 1 saturated heterocycles. The Hall–Kier alpha value is -2.45. The zero-order chi connectivity index (χ0) is 22.7. The highest BCUT2D eigenvalue weighted by atomic mass is 32.1. The molecule has 2 N–H and O–H groups in total. The van der Waals surface area contributed by atoms with Crippen LogP contribution in [0.15, 0.2) is 30.5 Å². The van der Waals surface area contributed by atoms with Gasteiger partial charge in [-0.15, -0.1) is 10.2 Å². The number of carbonyl (C=O) groups is 1. The van der Waals surface area contributed by atoms with Gasteiger partial charge in [0.15, 0.2) is 0 Å². The molecule has 0 saturated carbocycles. The van der Waals surface area contributed by atoms with Crippen molar-refractivity contribution in [3.05, 3.63) is 41.0 Å². The molecule has 1 fully saturated rings. The number of benzene rings is 1. The number of anilines is 1. The van der Waals surface area contributed by atoms with Gasteiger partial charge >= 0.3 is 0 Å². The molecule has 2 aromatic heterocycles. The van der Waals surface area contributed by atoms with Gasteiger partial charge in [-0.25, -0.2) is 0 Å². The van der Waals surface area contributed by atoms with Crippen molar-refractivity contribution < 1.29 is 4.79 Å². The normalized spacial score (nSPS) is 20.6. The Labute approximate surface area is 194 Å². The summed E-state index contributed by atoms with van der Waals surface area (Å²) in [5, 5.41) is 14.3. The first-order chi connectivity index (χ1) is 15.5. The van der Waals surface area contributed by atoms with E-state index < -0.39 is 0 Å². The van der Waals surface area contributed by atoms with Crippen LogP contribution < -0.4 is 10.2 Å². The molecule has 1 aliphatic heterocycles. The number of fused-ring (bicyclic) bond motifs is 1. The maximum atomic E-state index is 13.0. The minimum Gasteiger partial charge on any atom is -0.361 e. The lowest BCUT2D eigenvalue weighted by Crippen LogP contribution is -2.55. The first kappa shape index (κ1) is 22.7. The number of nitrogens with zero attached hydrogens (tertiary/aromatic N) is 4. The van der Waals surface area contributed by atoms with Crippen LogP contribution in [-0.4, -0.2) is 64.3 Å². The minimum absolute atomic E-state index is 0.0673. The second-order valence-electron chi connectivity index (χ2n) is 9.03. The third kappa shape index (κ3) is 4.96. The number of aromatic nitrogens is 3. The fraction of sp³-hybridized carbons (Fsp3) is 0.542. The van der Waals surface area contributed by atoms with E-state index in [1.54, 1.807) is 0 Å². The fourth-order valence-corrected chi connectivity index (χ4v) is 5.25. The summed E-state index contributed by atoms with van der Waals surface area (Å²) in [6.07, 6.45) is 5.99. The van der Waals surface area contributed by atoms with Crippen molar-refractivity contribution in [2.75, 3.05) is 25.0 Å². The Kier molecular flexibility index (Phi) is 7.10. The minimum atomic E-state index is -0.120. The van der Waals surface area contributed by atoms with Gasteiger partial charge < -0.3 is 15.2 Å². The highest BCUT2D eigenvalue weighted by molar-refractivity contribution is 7.17. The summed E-state index contributed by atoms with van der Waals surface area (Å²) in [4.78, 5) is 21.0. The van der Waals surface area contributed by atoms with Gasteiger partial charge in [-0.3, -0.25) is 9.69 Å². The van der Waals surface area contributed by atoms with Crippen molar-refractivity contribution in [2.45, 2.75) is 64.6 Å². The van der Waals surface area contributed by atoms with Crippen LogP contribution in [-0.2, 0) is 6.42 Å². The maximum Gasteiger partial charge on any atom is 0.282 e. The first-order valence-corrected chi connectivity index (χ1v) is 12.4. The zero-order valence-corrected chi connectivity index (χ0v) is 20.3. The smallest absolute Gasteiger partial charge is 0.282 e. The molecule has 3 heterocycles. The van der Waals surface area contributed by atoms with Gasteiger partial charge in [-0.05, 0) is 45.4 Å². The van der Waals surface area contributed by atoms with E-state index in [4.69, 9.17) is 0 Å². The number of carbonyl (C=O) groups excluding carboxylic acids is 1. The number of piperazine rings is 1. The van der Waals surface area contributed by atoms with Gasteiger partial charge in [0.2, 0.25) is 10.1 Å². The molecule has 4 rings (SSSR count). The summed E-state index contributed by atoms with van der Waals surface area (Å²) in [7, 11) is 2.16. The number of hydrogen-bond acceptors (Lipinski definition) is 6. The summed E-state index contributed by atoms with van der Waals surface area (Å²) in [5.74, 6) is -0.120. The maximum absolute atomic E-state index is 13.0. The van der Waals surface area contributed by atoms with Crippen LogP contribution in [0.4, 0.5) is 5.13 Å². The Morgan fingerprint density at radius 2 is 2.00 bits per heavy atom. The summed E-state index contributed by atoms with van der Waals surface area (Å²) in [5.41, 5.74) is 2.37. The molecule has 1 aliphatic rings. The van der Waals surface area contributed by atoms with E-state index in [1.807, 2.05) is 6.07 Å². The van der Waals surface area contributed by atoms with E-state index in [9.17, 15) is 4.79 Å². The quantitative estimate of drug-likeness (QED) is 0.536. The van der Waals surface area contributed by atoms with Crippen molar-refractivity contribution in [1.82, 2.24) is 25.4 Å². The average Bonchev–Trinajstić information content (AvgIpc) is 3.43. The van der Waals surface area contributed by atoms with E-state index in [1.165, 1.54) is 22.3 Å². The summed E-state index contributed by atoms with van der Waals surface area (Å²) >= 11 is 1.40. The number of likely N-dealkylation sites (N-methyl/N-ethyl adjacent to an activating group) is 1. The predicted molar refractivity (Wildman–Crippen MR) is 132 cm³/mol. The first-order valence-electron chi connectivity index (χ1n) is 11.6. The van der Waals surface area contributed by atoms with Crippen molar-refractivity contribution in [2.24, 2.45) is 0 Å². The van der Waals surface area contributed by atoms with E-state index >= 15 is 0 Å². The summed E-state index contributed by atoms with van der Waals surface area (Å²) in [6, 6.07) is 9.26. The molecule has 3 atom stereocenters. The second kappa shape index (κ2) is 10.0. The van der Waals surface area contributed by atoms with Gasteiger partial charge in [0.25, 0.3) is 5.91 Å². The van der Waals surface area contributed by atoms with E-state index in [0.29, 0.717) is 17.1 Å². The van der Waals surface area contributed by atoms with Crippen LogP contribution in [0.2, 0.25) is 0 Å². The SMILES string of the molecule is CCCCC(Cc1c[nH]c2ccccc12)NC(=O)c1nnc(N2C[C@@H](C)N(C)[C@H](C)C2)s1. The molecule has 0 aliphatic carbocycles. The van der Waals surface area contributed by atoms with Gasteiger partial charge in [0.1, 0.15) is 0 Å². The molecule has 0 radical (unpaired) electrons. The van der Waals surface area contributed by atoms with Gasteiger partial charge in [0, 0.05) is 48.3 Å². The van der Waals surface area contributed by atoms with Gasteiger partial charge in [-0.2, -0.15) is 0 Å². The molecular formula is C24H34N6OS. The molecule has 0 spiro atoms. The van der Waals surface area contributed by atoms with E-state index in [0.717, 1.165) is 49.4 Å². The Morgan fingerprint density at radius 1 is 1.25 bits per heavy atom. The zero-order valence-electron chi connectivity index (χ0n) is 19.5. The largest absolute Gasteiger partial charge is 0.361 e. The predicted octanol–water partition coefficient (Wildman–Crippen LogP) is 4.08. The van der Waals surface area contributed by atoms with Crippen LogP contribution in [0.1, 0.15) is 55.4 Å². The number of amides is 1. The van der Waals surface area contributed by atoms with Crippen molar-refractivity contribution in [1.29, 1.82) is 0 Å². The van der Waals surface area contributed by atoms with Crippen molar-refractivity contribution in [3.8, 4) is 0 Å². The number of para-hydroxylation sites is 1. The number of hydrogen-bond donors (Lipinski definition) is 2. The fourth-order valence-electron chi connectivity index (χ4n) is 4.48. The van der Waals surface area contributed by atoms with Crippen molar-refractivity contribution >= 4 is 33.3 Å². The second-order valence-corrected chi connectivity index (χ2v) is 9.99. The lowest BCUT2D eigenvalue weighted by Gasteiger charge is -2.42. The summed E-state index contributed by atoms with van der Waals surface area (Å²) < 4.78 is 0. The molecule has 1 amide bonds. The van der Waals surface area contributed by atoms with E-state index in [2.05, 4.69) is 82.5 Å². The van der Waals surface area contributed by atoms with Gasteiger partial charge in [-0.1, -0.05) is 49.3 Å². The number of aromatic amines is 1. The number of rotatable bonds is 8. The number of unbranched alkanes of at least 4 members (excludes halogenated alkanes) is 1. The van der Waals surface area contributed by atoms with Crippen molar-refractivity contribution in [3.63, 3.8) is 0 Å². The van der Waals surface area contributed by atoms with E-state index in [-0.39, 0.29) is 11.9 Å². The lowest BCUT2D eigenvalue weighted by molar-refractivity contribution is 0.0933. The standard InChI is InChI=1S/C24H34N6OS/c1-5-6-9-19(12-18-13-25-21-11-8-7-10-20(18)21)26-22(31)23-27-28-24(32-23)30-14-16(2)29(4)17(3)15-30/h7-8,10-11,13,16-17,19,25H,5-6,9,12,14-15H2,1-4H3,(H,26,31)/t16-,17-,19?/m1/s1. The Balaban J connectivity index is 1.44. The van der Waals surface area contributed by atoms with Crippen LogP contribution in [0.5, 0.6) is 0 Å². The highest BCUT2D eigenvalue weighted by Crippen LogP contribution is 2.25. The molecule has 7 nitrogen and oxygen atoms in total. The lowest BCUT2D eigenvalue weighted by atomic mass is 10.0. The van der Waals surface area contributed by atoms with Crippen LogP contribution in [0.3, 0.4) is 0 Å². The van der Waals surface area contributed by atoms with Gasteiger partial charge in [0.05, 0.1) is 0 Å². The molecule has 8 heteroatoms.